The minimum absolute atomic E-state index is 0.200. The Morgan fingerprint density at radius 3 is 2.70 bits per heavy atom. The first kappa shape index (κ1) is 18.6. The van der Waals surface area contributed by atoms with Gasteiger partial charge in [0, 0.05) is 25.8 Å². The van der Waals surface area contributed by atoms with Crippen LogP contribution in [0.1, 0.15) is 5.56 Å². The maximum Gasteiger partial charge on any atom is 0.332 e. The fourth-order valence-corrected chi connectivity index (χ4v) is 5.02. The van der Waals surface area contributed by atoms with E-state index in [9.17, 15) is 13.2 Å². The number of hydrogen-bond acceptors (Lipinski definition) is 5. The van der Waals surface area contributed by atoms with Crippen LogP contribution in [0.25, 0.3) is 16.9 Å². The van der Waals surface area contributed by atoms with Crippen molar-refractivity contribution in [3.05, 3.63) is 82.9 Å². The number of nitrogens with one attached hydrogen (secondary N) is 2. The highest BCUT2D eigenvalue weighted by molar-refractivity contribution is 7.89. The number of fused-ring (bicyclic) bond motifs is 2. The van der Waals surface area contributed by atoms with Gasteiger partial charge >= 0.3 is 5.69 Å². The minimum Gasteiger partial charge on any atom is -0.365 e. The third-order valence-corrected chi connectivity index (χ3v) is 6.69. The van der Waals surface area contributed by atoms with Crippen molar-refractivity contribution in [3.63, 3.8) is 0 Å². The van der Waals surface area contributed by atoms with Gasteiger partial charge in [0.05, 0.1) is 16.9 Å². The Labute approximate surface area is 172 Å². The summed E-state index contributed by atoms with van der Waals surface area (Å²) in [5.41, 5.74) is 2.99. The molecule has 5 rings (SSSR count). The molecule has 0 spiro atoms. The molecule has 1 aliphatic heterocycles. The molecule has 0 unspecified atom stereocenters. The van der Waals surface area contributed by atoms with Gasteiger partial charge in [0.2, 0.25) is 10.0 Å². The van der Waals surface area contributed by atoms with Crippen molar-refractivity contribution >= 4 is 26.9 Å². The molecule has 9 heteroatoms. The Bertz CT molecular complexity index is 1390. The number of hydrogen-bond donors (Lipinski definition) is 2. The molecule has 0 atom stereocenters. The normalized spacial score (nSPS) is 15.7. The summed E-state index contributed by atoms with van der Waals surface area (Å²) in [6.07, 6.45) is 1.61. The molecule has 2 aromatic carbocycles. The van der Waals surface area contributed by atoms with Gasteiger partial charge in [-0.3, -0.25) is 9.55 Å². The van der Waals surface area contributed by atoms with Crippen LogP contribution in [0.4, 0.5) is 5.69 Å². The van der Waals surface area contributed by atoms with Crippen molar-refractivity contribution < 1.29 is 8.42 Å². The highest BCUT2D eigenvalue weighted by Gasteiger charge is 2.26. The maximum absolute atomic E-state index is 12.7. The molecule has 3 heterocycles. The van der Waals surface area contributed by atoms with E-state index in [1.165, 1.54) is 4.57 Å². The van der Waals surface area contributed by atoms with E-state index in [2.05, 4.69) is 14.7 Å². The van der Waals surface area contributed by atoms with Crippen molar-refractivity contribution in [2.24, 2.45) is 0 Å². The largest absolute Gasteiger partial charge is 0.365 e. The van der Waals surface area contributed by atoms with E-state index in [0.717, 1.165) is 5.56 Å². The van der Waals surface area contributed by atoms with E-state index >= 15 is 0 Å². The molecule has 4 aromatic rings. The van der Waals surface area contributed by atoms with Gasteiger partial charge < -0.3 is 4.90 Å². The van der Waals surface area contributed by atoms with Gasteiger partial charge in [-0.2, -0.15) is 0 Å². The highest BCUT2D eigenvalue weighted by atomic mass is 32.2. The monoisotopic (exact) mass is 421 g/mol. The molecule has 2 N–H and O–H groups in total. The summed E-state index contributed by atoms with van der Waals surface area (Å²) in [4.78, 5) is 21.7. The lowest BCUT2D eigenvalue weighted by Gasteiger charge is -2.24. The van der Waals surface area contributed by atoms with Gasteiger partial charge in [-0.15, -0.1) is 0 Å². The van der Waals surface area contributed by atoms with Gasteiger partial charge in [0.1, 0.15) is 4.90 Å². The Kier molecular flexibility index (Phi) is 4.41. The summed E-state index contributed by atoms with van der Waals surface area (Å²) in [6, 6.07) is 18.4. The predicted molar refractivity (Wildman–Crippen MR) is 114 cm³/mol. The van der Waals surface area contributed by atoms with Crippen LogP contribution in [0.2, 0.25) is 0 Å². The molecule has 0 bridgehead atoms. The summed E-state index contributed by atoms with van der Waals surface area (Å²) in [5, 5.41) is 0. The van der Waals surface area contributed by atoms with E-state index < -0.39 is 10.0 Å². The molecule has 0 radical (unpaired) electrons. The predicted octanol–water partition coefficient (Wildman–Crippen LogP) is 2.01. The fraction of sp³-hybridized carbons (Fsp3) is 0.143. The molecule has 0 saturated carbocycles. The third kappa shape index (κ3) is 3.17. The van der Waals surface area contributed by atoms with Gasteiger partial charge in [-0.1, -0.05) is 30.3 Å². The smallest absolute Gasteiger partial charge is 0.332 e. The molecule has 0 saturated heterocycles. The fourth-order valence-electron chi connectivity index (χ4n) is 3.80. The number of pyridine rings is 1. The second-order valence-electron chi connectivity index (χ2n) is 7.09. The molecule has 0 aliphatic carbocycles. The molecule has 8 nitrogen and oxygen atoms in total. The Balaban J connectivity index is 1.68. The molecule has 0 amide bonds. The van der Waals surface area contributed by atoms with Crippen LogP contribution in [0.3, 0.4) is 0 Å². The van der Waals surface area contributed by atoms with Crippen LogP contribution >= 0.6 is 0 Å². The van der Waals surface area contributed by atoms with Gasteiger partial charge in [-0.05, 0) is 35.9 Å². The molecular formula is C21H19N5O3S. The lowest BCUT2D eigenvalue weighted by molar-refractivity contribution is 0.585. The lowest BCUT2D eigenvalue weighted by Crippen LogP contribution is -2.29. The standard InChI is InChI=1S/C21H19N5O3S/c27-21-24-20-17(7-4-10-22-20)26(21)16-8-9-19-18(13-16)25(12-11-23-30(19,28)29)14-15-5-2-1-3-6-15/h1-10,13,23H,11-12,14H2,(H,22,24,27). The SMILES string of the molecule is O=c1[nH]c2ncccc2n1-c1ccc2c(c1)N(Cc1ccccc1)CCNS2(=O)=O. The summed E-state index contributed by atoms with van der Waals surface area (Å²) in [6.45, 7) is 1.36. The van der Waals surface area contributed by atoms with Crippen molar-refractivity contribution in [3.8, 4) is 5.69 Å². The summed E-state index contributed by atoms with van der Waals surface area (Å²) >= 11 is 0. The third-order valence-electron chi connectivity index (χ3n) is 5.18. The highest BCUT2D eigenvalue weighted by Crippen LogP contribution is 2.31. The van der Waals surface area contributed by atoms with E-state index in [4.69, 9.17) is 0 Å². The Morgan fingerprint density at radius 1 is 1.03 bits per heavy atom. The number of sulfonamides is 1. The summed E-state index contributed by atoms with van der Waals surface area (Å²) in [7, 11) is -3.64. The van der Waals surface area contributed by atoms with Gasteiger partial charge in [0.25, 0.3) is 0 Å². The maximum atomic E-state index is 12.7. The molecule has 30 heavy (non-hydrogen) atoms. The number of nitrogens with zero attached hydrogens (tertiary/aromatic N) is 3. The van der Waals surface area contributed by atoms with E-state index in [0.29, 0.717) is 42.2 Å². The minimum atomic E-state index is -3.64. The second-order valence-corrected chi connectivity index (χ2v) is 8.83. The van der Waals surface area contributed by atoms with E-state index in [-0.39, 0.29) is 10.6 Å². The van der Waals surface area contributed by atoms with E-state index in [1.54, 1.807) is 36.5 Å². The van der Waals surface area contributed by atoms with Crippen LogP contribution in [-0.2, 0) is 16.6 Å². The zero-order valence-corrected chi connectivity index (χ0v) is 16.8. The summed E-state index contributed by atoms with van der Waals surface area (Å²) in [5.74, 6) is 0. The van der Waals surface area contributed by atoms with Crippen molar-refractivity contribution in [1.29, 1.82) is 0 Å². The van der Waals surface area contributed by atoms with Crippen molar-refractivity contribution in [2.75, 3.05) is 18.0 Å². The van der Waals surface area contributed by atoms with Crippen molar-refractivity contribution in [1.82, 2.24) is 19.3 Å². The quantitative estimate of drug-likeness (QED) is 0.527. The first-order valence-electron chi connectivity index (χ1n) is 9.52. The zero-order valence-electron chi connectivity index (χ0n) is 15.9. The lowest BCUT2D eigenvalue weighted by atomic mass is 10.2. The van der Waals surface area contributed by atoms with Crippen LogP contribution < -0.4 is 15.3 Å². The number of rotatable bonds is 3. The first-order chi connectivity index (χ1) is 14.5. The van der Waals surface area contributed by atoms with Gasteiger partial charge in [-0.25, -0.2) is 22.9 Å². The Hall–Kier alpha value is -3.43. The number of imidazole rings is 1. The molecule has 1 aliphatic rings. The molecule has 152 valence electrons. The zero-order chi connectivity index (χ0) is 20.7. The Morgan fingerprint density at radius 2 is 1.87 bits per heavy atom. The van der Waals surface area contributed by atoms with E-state index in [1.807, 2.05) is 35.2 Å². The summed E-state index contributed by atoms with van der Waals surface area (Å²) < 4.78 is 29.6. The number of aromatic amines is 1. The van der Waals surface area contributed by atoms with Crippen LogP contribution in [-0.4, -0.2) is 36.0 Å². The van der Waals surface area contributed by atoms with Crippen LogP contribution in [0, 0.1) is 0 Å². The molecule has 2 aromatic heterocycles. The van der Waals surface area contributed by atoms with Gasteiger partial charge in [0.15, 0.2) is 5.65 Å². The number of anilines is 1. The molecular weight excluding hydrogens is 402 g/mol. The average Bonchev–Trinajstić information content (AvgIpc) is 3.02. The molecule has 0 fully saturated rings. The number of aromatic nitrogens is 3. The topological polar surface area (TPSA) is 100 Å². The average molecular weight is 421 g/mol. The van der Waals surface area contributed by atoms with Crippen molar-refractivity contribution in [2.45, 2.75) is 11.4 Å². The first-order valence-corrected chi connectivity index (χ1v) is 11.0. The second kappa shape index (κ2) is 7.12. The van der Waals surface area contributed by atoms with Crippen LogP contribution in [0.5, 0.6) is 0 Å². The number of H-pyrrole nitrogens is 1. The van der Waals surface area contributed by atoms with Crippen LogP contribution in [0.15, 0.2) is 76.6 Å². The number of benzene rings is 2.